The van der Waals surface area contributed by atoms with E-state index >= 15 is 0 Å². The molecule has 2 rings (SSSR count). The number of piperidine rings is 1. The third kappa shape index (κ3) is 3.46. The molecule has 1 aliphatic carbocycles. The van der Waals surface area contributed by atoms with E-state index in [2.05, 4.69) is 23.9 Å². The van der Waals surface area contributed by atoms with Crippen molar-refractivity contribution in [2.75, 3.05) is 33.7 Å². The molecular formula is C15H31N3. The van der Waals surface area contributed by atoms with Gasteiger partial charge in [0.25, 0.3) is 0 Å². The van der Waals surface area contributed by atoms with Crippen LogP contribution in [0.5, 0.6) is 0 Å². The summed E-state index contributed by atoms with van der Waals surface area (Å²) in [5, 5.41) is 0. The Morgan fingerprint density at radius 3 is 2.39 bits per heavy atom. The lowest BCUT2D eigenvalue weighted by Gasteiger charge is -2.42. The third-order valence-corrected chi connectivity index (χ3v) is 5.21. The van der Waals surface area contributed by atoms with Crippen molar-refractivity contribution in [3.8, 4) is 0 Å². The van der Waals surface area contributed by atoms with E-state index in [-0.39, 0.29) is 0 Å². The standard InChI is InChI=1S/C15H31N3/c1-17-10-8-14(9-11-17)18(2)15-7-5-3-4-6-13(15)12-16/h13-15H,3-12,16H2,1-2H3. The first-order chi connectivity index (χ1) is 8.72. The predicted molar refractivity (Wildman–Crippen MR) is 77.7 cm³/mol. The normalized spacial score (nSPS) is 32.7. The molecule has 106 valence electrons. The first-order valence-corrected chi connectivity index (χ1v) is 7.83. The molecule has 1 heterocycles. The Bertz CT molecular complexity index is 236. The monoisotopic (exact) mass is 253 g/mol. The second-order valence-corrected chi connectivity index (χ2v) is 6.40. The first-order valence-electron chi connectivity index (χ1n) is 7.83. The van der Waals surface area contributed by atoms with Gasteiger partial charge in [0.2, 0.25) is 0 Å². The summed E-state index contributed by atoms with van der Waals surface area (Å²) in [6.07, 6.45) is 9.58. The minimum atomic E-state index is 0.733. The summed E-state index contributed by atoms with van der Waals surface area (Å²) in [5.74, 6) is 0.733. The highest BCUT2D eigenvalue weighted by Crippen LogP contribution is 2.29. The highest BCUT2D eigenvalue weighted by atomic mass is 15.2. The number of likely N-dealkylation sites (tertiary alicyclic amines) is 1. The van der Waals surface area contributed by atoms with Gasteiger partial charge in [-0.3, -0.25) is 0 Å². The largest absolute Gasteiger partial charge is 0.330 e. The molecule has 0 radical (unpaired) electrons. The second-order valence-electron chi connectivity index (χ2n) is 6.40. The molecule has 1 aliphatic heterocycles. The highest BCUT2D eigenvalue weighted by Gasteiger charge is 2.31. The number of hydrogen-bond donors (Lipinski definition) is 1. The molecule has 0 aromatic carbocycles. The molecule has 2 aliphatic rings. The van der Waals surface area contributed by atoms with Crippen molar-refractivity contribution in [2.45, 2.75) is 57.0 Å². The van der Waals surface area contributed by atoms with E-state index in [1.54, 1.807) is 0 Å². The van der Waals surface area contributed by atoms with Crippen molar-refractivity contribution in [3.05, 3.63) is 0 Å². The van der Waals surface area contributed by atoms with Crippen LogP contribution in [0.4, 0.5) is 0 Å². The van der Waals surface area contributed by atoms with E-state index < -0.39 is 0 Å². The number of nitrogens with zero attached hydrogens (tertiary/aromatic N) is 2. The van der Waals surface area contributed by atoms with Crippen LogP contribution < -0.4 is 5.73 Å². The number of hydrogen-bond acceptors (Lipinski definition) is 3. The lowest BCUT2D eigenvalue weighted by atomic mass is 9.91. The number of nitrogens with two attached hydrogens (primary N) is 1. The lowest BCUT2D eigenvalue weighted by Crippen LogP contribution is -2.49. The molecule has 2 atom stereocenters. The topological polar surface area (TPSA) is 32.5 Å². The van der Waals surface area contributed by atoms with E-state index in [4.69, 9.17) is 5.73 Å². The zero-order valence-electron chi connectivity index (χ0n) is 12.3. The Labute approximate surface area is 113 Å². The third-order valence-electron chi connectivity index (χ3n) is 5.21. The van der Waals surface area contributed by atoms with Gasteiger partial charge in [0.05, 0.1) is 0 Å². The molecule has 0 spiro atoms. The van der Waals surface area contributed by atoms with Crippen molar-refractivity contribution in [3.63, 3.8) is 0 Å². The van der Waals surface area contributed by atoms with E-state index in [0.717, 1.165) is 24.5 Å². The van der Waals surface area contributed by atoms with Gasteiger partial charge in [-0.25, -0.2) is 0 Å². The average molecular weight is 253 g/mol. The van der Waals surface area contributed by atoms with Crippen molar-refractivity contribution < 1.29 is 0 Å². The fraction of sp³-hybridized carbons (Fsp3) is 1.00. The van der Waals surface area contributed by atoms with E-state index in [1.165, 1.54) is 58.0 Å². The minimum Gasteiger partial charge on any atom is -0.330 e. The fourth-order valence-corrected chi connectivity index (χ4v) is 3.85. The van der Waals surface area contributed by atoms with Gasteiger partial charge in [-0.15, -0.1) is 0 Å². The van der Waals surface area contributed by atoms with Crippen molar-refractivity contribution in [1.29, 1.82) is 0 Å². The summed E-state index contributed by atoms with van der Waals surface area (Å²) in [6.45, 7) is 3.39. The Balaban J connectivity index is 1.94. The van der Waals surface area contributed by atoms with Crippen LogP contribution in [0.15, 0.2) is 0 Å². The maximum atomic E-state index is 6.02. The molecule has 2 fully saturated rings. The molecular weight excluding hydrogens is 222 g/mol. The van der Waals surface area contributed by atoms with Gasteiger partial charge in [-0.05, 0) is 65.3 Å². The van der Waals surface area contributed by atoms with E-state index in [1.807, 2.05) is 0 Å². The predicted octanol–water partition coefficient (Wildman–Crippen LogP) is 1.92. The average Bonchev–Trinajstić information content (AvgIpc) is 2.63. The maximum absolute atomic E-state index is 6.02. The summed E-state index contributed by atoms with van der Waals surface area (Å²) in [6, 6.07) is 1.53. The van der Waals surface area contributed by atoms with Crippen LogP contribution in [0.1, 0.15) is 44.9 Å². The molecule has 1 saturated carbocycles. The summed E-state index contributed by atoms with van der Waals surface area (Å²) in [4.78, 5) is 5.15. The zero-order chi connectivity index (χ0) is 13.0. The minimum absolute atomic E-state index is 0.733. The van der Waals surface area contributed by atoms with Gasteiger partial charge in [0.15, 0.2) is 0 Å². The zero-order valence-corrected chi connectivity index (χ0v) is 12.3. The van der Waals surface area contributed by atoms with E-state index in [0.29, 0.717) is 0 Å². The van der Waals surface area contributed by atoms with Gasteiger partial charge in [-0.2, -0.15) is 0 Å². The molecule has 1 saturated heterocycles. The van der Waals surface area contributed by atoms with Gasteiger partial charge in [0.1, 0.15) is 0 Å². The summed E-state index contributed by atoms with van der Waals surface area (Å²) < 4.78 is 0. The van der Waals surface area contributed by atoms with Crippen LogP contribution in [0, 0.1) is 5.92 Å². The van der Waals surface area contributed by atoms with Gasteiger partial charge < -0.3 is 15.5 Å². The van der Waals surface area contributed by atoms with Crippen molar-refractivity contribution in [1.82, 2.24) is 9.80 Å². The van der Waals surface area contributed by atoms with Gasteiger partial charge >= 0.3 is 0 Å². The Hall–Kier alpha value is -0.120. The molecule has 3 nitrogen and oxygen atoms in total. The number of rotatable bonds is 3. The molecule has 3 heteroatoms. The van der Waals surface area contributed by atoms with Gasteiger partial charge in [-0.1, -0.05) is 19.3 Å². The van der Waals surface area contributed by atoms with Crippen LogP contribution in [0.2, 0.25) is 0 Å². The summed E-state index contributed by atoms with van der Waals surface area (Å²) >= 11 is 0. The van der Waals surface area contributed by atoms with Crippen LogP contribution in [0.25, 0.3) is 0 Å². The quantitative estimate of drug-likeness (QED) is 0.780. The molecule has 18 heavy (non-hydrogen) atoms. The Morgan fingerprint density at radius 1 is 1.06 bits per heavy atom. The Kier molecular flexibility index (Phi) is 5.46. The molecule has 0 bridgehead atoms. The molecule has 0 aromatic heterocycles. The molecule has 0 aromatic rings. The summed E-state index contributed by atoms with van der Waals surface area (Å²) in [5.41, 5.74) is 6.02. The molecule has 0 amide bonds. The lowest BCUT2D eigenvalue weighted by molar-refractivity contribution is 0.0756. The van der Waals surface area contributed by atoms with E-state index in [9.17, 15) is 0 Å². The highest BCUT2D eigenvalue weighted by molar-refractivity contribution is 4.86. The SMILES string of the molecule is CN1CCC(N(C)C2CCCCCC2CN)CC1. The molecule has 2 unspecified atom stereocenters. The maximum Gasteiger partial charge on any atom is 0.0135 e. The van der Waals surface area contributed by atoms with Crippen LogP contribution in [-0.4, -0.2) is 55.6 Å². The first kappa shape index (κ1) is 14.3. The van der Waals surface area contributed by atoms with Crippen molar-refractivity contribution in [2.24, 2.45) is 11.7 Å². The summed E-state index contributed by atoms with van der Waals surface area (Å²) in [7, 11) is 4.60. The smallest absolute Gasteiger partial charge is 0.0135 e. The Morgan fingerprint density at radius 2 is 1.72 bits per heavy atom. The van der Waals surface area contributed by atoms with Crippen LogP contribution in [-0.2, 0) is 0 Å². The molecule has 2 N–H and O–H groups in total. The van der Waals surface area contributed by atoms with Crippen LogP contribution >= 0.6 is 0 Å². The fourth-order valence-electron chi connectivity index (χ4n) is 3.85. The second kappa shape index (κ2) is 6.88. The van der Waals surface area contributed by atoms with Gasteiger partial charge in [0, 0.05) is 12.1 Å². The van der Waals surface area contributed by atoms with Crippen LogP contribution in [0.3, 0.4) is 0 Å². The van der Waals surface area contributed by atoms with Crippen molar-refractivity contribution >= 4 is 0 Å².